The summed E-state index contributed by atoms with van der Waals surface area (Å²) in [5, 5.41) is 0. The Bertz CT molecular complexity index is 176. The number of hydrogen-bond acceptors (Lipinski definition) is 1. The zero-order valence-electron chi connectivity index (χ0n) is 9.85. The fourth-order valence-corrected chi connectivity index (χ4v) is 2.40. The summed E-state index contributed by atoms with van der Waals surface area (Å²) in [5.74, 6) is 0.849. The number of nitrogens with two attached hydrogens (primary N) is 1. The van der Waals surface area contributed by atoms with Crippen LogP contribution in [0.5, 0.6) is 0 Å². The molecule has 13 heavy (non-hydrogen) atoms. The topological polar surface area (TPSA) is 26.0 Å². The molecule has 0 aromatic rings. The van der Waals surface area contributed by atoms with Crippen LogP contribution in [-0.2, 0) is 0 Å². The summed E-state index contributed by atoms with van der Waals surface area (Å²) in [4.78, 5) is 0. The van der Waals surface area contributed by atoms with Crippen LogP contribution in [0, 0.1) is 16.7 Å². The molecule has 0 spiro atoms. The van der Waals surface area contributed by atoms with Gasteiger partial charge in [-0.3, -0.25) is 0 Å². The van der Waals surface area contributed by atoms with Crippen LogP contribution in [-0.4, -0.2) is 6.04 Å². The summed E-state index contributed by atoms with van der Waals surface area (Å²) >= 11 is 0. The number of rotatable bonds is 0. The predicted molar refractivity (Wildman–Crippen MR) is 58.6 cm³/mol. The van der Waals surface area contributed by atoms with Crippen molar-refractivity contribution in [3.05, 3.63) is 0 Å². The van der Waals surface area contributed by atoms with E-state index in [9.17, 15) is 0 Å². The Balaban J connectivity index is 2.66. The van der Waals surface area contributed by atoms with Gasteiger partial charge in [0, 0.05) is 6.04 Å². The molecule has 0 radical (unpaired) electrons. The SMILES string of the molecule is CC(C)(C)C1CCC(N)C(C)(C)C1. The second-order valence-corrected chi connectivity index (χ2v) is 6.44. The maximum absolute atomic E-state index is 6.12. The molecule has 0 amide bonds. The van der Waals surface area contributed by atoms with Crippen molar-refractivity contribution in [3.63, 3.8) is 0 Å². The molecule has 2 atom stereocenters. The van der Waals surface area contributed by atoms with Gasteiger partial charge in [0.25, 0.3) is 0 Å². The highest BCUT2D eigenvalue weighted by Crippen LogP contribution is 2.45. The fourth-order valence-electron chi connectivity index (χ4n) is 2.40. The standard InChI is InChI=1S/C12H25N/c1-11(2,3)9-6-7-10(13)12(4,5)8-9/h9-10H,6-8,13H2,1-5H3. The van der Waals surface area contributed by atoms with Crippen LogP contribution in [0.15, 0.2) is 0 Å². The Morgan fingerprint density at radius 3 is 2.08 bits per heavy atom. The van der Waals surface area contributed by atoms with Gasteiger partial charge in [-0.05, 0) is 36.0 Å². The Morgan fingerprint density at radius 2 is 1.69 bits per heavy atom. The summed E-state index contributed by atoms with van der Waals surface area (Å²) < 4.78 is 0. The Kier molecular flexibility index (Phi) is 2.78. The fraction of sp³-hybridized carbons (Fsp3) is 1.00. The second kappa shape index (κ2) is 3.27. The Morgan fingerprint density at radius 1 is 1.15 bits per heavy atom. The minimum absolute atomic E-state index is 0.343. The van der Waals surface area contributed by atoms with Crippen LogP contribution in [0.2, 0.25) is 0 Å². The van der Waals surface area contributed by atoms with E-state index in [-0.39, 0.29) is 0 Å². The van der Waals surface area contributed by atoms with Gasteiger partial charge in [0.1, 0.15) is 0 Å². The van der Waals surface area contributed by atoms with Gasteiger partial charge in [-0.15, -0.1) is 0 Å². The van der Waals surface area contributed by atoms with Crippen molar-refractivity contribution in [3.8, 4) is 0 Å². The quantitative estimate of drug-likeness (QED) is 0.613. The van der Waals surface area contributed by atoms with Crippen molar-refractivity contribution in [1.29, 1.82) is 0 Å². The van der Waals surface area contributed by atoms with Crippen LogP contribution in [0.25, 0.3) is 0 Å². The van der Waals surface area contributed by atoms with Gasteiger partial charge in [-0.1, -0.05) is 34.6 Å². The monoisotopic (exact) mass is 183 g/mol. The average Bonchev–Trinajstić information content (AvgIpc) is 1.92. The second-order valence-electron chi connectivity index (χ2n) is 6.44. The lowest BCUT2D eigenvalue weighted by Gasteiger charge is -2.45. The molecule has 0 aromatic heterocycles. The van der Waals surface area contributed by atoms with Gasteiger partial charge in [-0.25, -0.2) is 0 Å². The van der Waals surface area contributed by atoms with E-state index in [0.717, 1.165) is 5.92 Å². The molecule has 0 aliphatic heterocycles. The van der Waals surface area contributed by atoms with Crippen LogP contribution < -0.4 is 5.73 Å². The predicted octanol–water partition coefficient (Wildman–Crippen LogP) is 3.19. The van der Waals surface area contributed by atoms with Gasteiger partial charge in [0.15, 0.2) is 0 Å². The van der Waals surface area contributed by atoms with E-state index < -0.39 is 0 Å². The molecule has 1 fully saturated rings. The Labute approximate surface area is 83.1 Å². The Hall–Kier alpha value is -0.0400. The summed E-state index contributed by atoms with van der Waals surface area (Å²) in [6.07, 6.45) is 3.81. The van der Waals surface area contributed by atoms with Gasteiger partial charge in [-0.2, -0.15) is 0 Å². The van der Waals surface area contributed by atoms with Crippen molar-refractivity contribution < 1.29 is 0 Å². The first kappa shape index (κ1) is 11.0. The minimum atomic E-state index is 0.343. The van der Waals surface area contributed by atoms with Crippen LogP contribution >= 0.6 is 0 Å². The third kappa shape index (κ3) is 2.46. The lowest BCUT2D eigenvalue weighted by atomic mass is 9.62. The molecule has 0 saturated heterocycles. The van der Waals surface area contributed by atoms with Crippen LogP contribution in [0.3, 0.4) is 0 Å². The molecule has 78 valence electrons. The normalized spacial score (nSPS) is 34.6. The van der Waals surface area contributed by atoms with Crippen LogP contribution in [0.4, 0.5) is 0 Å². The highest BCUT2D eigenvalue weighted by atomic mass is 14.7. The zero-order chi connectivity index (χ0) is 10.3. The van der Waals surface area contributed by atoms with Gasteiger partial charge in [0.05, 0.1) is 0 Å². The van der Waals surface area contributed by atoms with Gasteiger partial charge < -0.3 is 5.73 Å². The van der Waals surface area contributed by atoms with E-state index >= 15 is 0 Å². The molecule has 1 saturated carbocycles. The lowest BCUT2D eigenvalue weighted by Crippen LogP contribution is -2.45. The van der Waals surface area contributed by atoms with E-state index in [2.05, 4.69) is 34.6 Å². The first-order valence-electron chi connectivity index (χ1n) is 5.49. The van der Waals surface area contributed by atoms with E-state index in [1.807, 2.05) is 0 Å². The summed E-state index contributed by atoms with van der Waals surface area (Å²) in [6, 6.07) is 0.408. The van der Waals surface area contributed by atoms with Crippen molar-refractivity contribution in [2.24, 2.45) is 22.5 Å². The molecule has 1 aliphatic rings. The third-order valence-electron chi connectivity index (χ3n) is 3.83. The first-order valence-corrected chi connectivity index (χ1v) is 5.49. The largest absolute Gasteiger partial charge is 0.327 e. The molecule has 2 unspecified atom stereocenters. The van der Waals surface area contributed by atoms with E-state index in [4.69, 9.17) is 5.73 Å². The molecular weight excluding hydrogens is 158 g/mol. The van der Waals surface area contributed by atoms with Crippen molar-refractivity contribution >= 4 is 0 Å². The highest BCUT2D eigenvalue weighted by Gasteiger charge is 2.38. The van der Waals surface area contributed by atoms with E-state index in [1.54, 1.807) is 0 Å². The van der Waals surface area contributed by atoms with E-state index in [0.29, 0.717) is 16.9 Å². The average molecular weight is 183 g/mol. The molecule has 1 nitrogen and oxygen atoms in total. The maximum Gasteiger partial charge on any atom is 0.00904 e. The zero-order valence-corrected chi connectivity index (χ0v) is 9.85. The molecule has 2 N–H and O–H groups in total. The van der Waals surface area contributed by atoms with Crippen LogP contribution in [0.1, 0.15) is 53.9 Å². The van der Waals surface area contributed by atoms with Crippen molar-refractivity contribution in [2.75, 3.05) is 0 Å². The van der Waals surface area contributed by atoms with Crippen molar-refractivity contribution in [1.82, 2.24) is 0 Å². The maximum atomic E-state index is 6.12. The smallest absolute Gasteiger partial charge is 0.00904 e. The van der Waals surface area contributed by atoms with Gasteiger partial charge in [0.2, 0.25) is 0 Å². The van der Waals surface area contributed by atoms with Crippen molar-refractivity contribution in [2.45, 2.75) is 59.9 Å². The lowest BCUT2D eigenvalue weighted by molar-refractivity contribution is 0.0775. The molecule has 1 heteroatoms. The van der Waals surface area contributed by atoms with E-state index in [1.165, 1.54) is 19.3 Å². The van der Waals surface area contributed by atoms with Gasteiger partial charge >= 0.3 is 0 Å². The molecule has 0 aromatic carbocycles. The first-order chi connectivity index (χ1) is 5.73. The molecule has 0 heterocycles. The minimum Gasteiger partial charge on any atom is -0.327 e. The molecular formula is C12H25N. The summed E-state index contributed by atoms with van der Waals surface area (Å²) in [5.41, 5.74) is 6.92. The molecule has 1 rings (SSSR count). The molecule has 1 aliphatic carbocycles. The summed E-state index contributed by atoms with van der Waals surface area (Å²) in [7, 11) is 0. The molecule has 0 bridgehead atoms. The third-order valence-corrected chi connectivity index (χ3v) is 3.83. The number of hydrogen-bond donors (Lipinski definition) is 1. The highest BCUT2D eigenvalue weighted by molar-refractivity contribution is 4.92. The summed E-state index contributed by atoms with van der Waals surface area (Å²) in [6.45, 7) is 11.7.